The highest BCUT2D eigenvalue weighted by Crippen LogP contribution is 2.22. The van der Waals surface area contributed by atoms with E-state index in [0.717, 1.165) is 5.56 Å². The number of hydrogen-bond acceptors (Lipinski definition) is 3. The fraction of sp³-hybridized carbons (Fsp3) is 0.182. The van der Waals surface area contributed by atoms with E-state index < -0.39 is 6.43 Å². The van der Waals surface area contributed by atoms with E-state index in [1.54, 1.807) is 30.3 Å². The van der Waals surface area contributed by atoms with Crippen molar-refractivity contribution in [1.82, 2.24) is 5.16 Å². The molecule has 2 rings (SSSR count). The Morgan fingerprint density at radius 2 is 1.94 bits per heavy atom. The van der Waals surface area contributed by atoms with Gasteiger partial charge in [-0.3, -0.25) is 0 Å². The molecule has 0 aliphatic heterocycles. The van der Waals surface area contributed by atoms with Crippen molar-refractivity contribution in [3.05, 3.63) is 35.9 Å². The summed E-state index contributed by atoms with van der Waals surface area (Å²) in [6, 6.07) is 8.28. The van der Waals surface area contributed by atoms with Crippen LogP contribution >= 0.6 is 0 Å². The molecule has 3 nitrogen and oxygen atoms in total. The second-order valence-corrected chi connectivity index (χ2v) is 3.41. The first-order valence-electron chi connectivity index (χ1n) is 4.75. The summed E-state index contributed by atoms with van der Waals surface area (Å²) in [7, 11) is 0. The van der Waals surface area contributed by atoms with Crippen molar-refractivity contribution in [3.8, 4) is 11.3 Å². The molecule has 0 saturated heterocycles. The number of alkyl halides is 2. The molecule has 0 spiro atoms. The Labute approximate surface area is 90.9 Å². The second kappa shape index (κ2) is 4.30. The van der Waals surface area contributed by atoms with Crippen LogP contribution in [0.5, 0.6) is 0 Å². The van der Waals surface area contributed by atoms with Gasteiger partial charge in [-0.05, 0) is 5.56 Å². The molecular formula is C11H10F2N2O. The molecule has 0 aliphatic carbocycles. The highest BCUT2D eigenvalue weighted by atomic mass is 19.3. The number of halogens is 2. The summed E-state index contributed by atoms with van der Waals surface area (Å²) >= 11 is 0. The third kappa shape index (κ3) is 2.36. The normalized spacial score (nSPS) is 10.9. The molecule has 2 aromatic rings. The Kier molecular flexibility index (Phi) is 2.85. The summed E-state index contributed by atoms with van der Waals surface area (Å²) in [6.07, 6.45) is -2.56. The van der Waals surface area contributed by atoms with E-state index in [1.807, 2.05) is 0 Å². The molecule has 0 fully saturated rings. The van der Waals surface area contributed by atoms with Crippen molar-refractivity contribution in [1.29, 1.82) is 0 Å². The van der Waals surface area contributed by atoms with Crippen LogP contribution in [0.2, 0.25) is 0 Å². The van der Waals surface area contributed by atoms with Gasteiger partial charge in [0.25, 0.3) is 0 Å². The van der Waals surface area contributed by atoms with Crippen LogP contribution in [0.3, 0.4) is 0 Å². The van der Waals surface area contributed by atoms with E-state index >= 15 is 0 Å². The van der Waals surface area contributed by atoms with E-state index in [-0.39, 0.29) is 6.42 Å². The van der Waals surface area contributed by atoms with Crippen molar-refractivity contribution >= 4 is 5.82 Å². The smallest absolute Gasteiger partial charge is 0.242 e. The predicted octanol–water partition coefficient (Wildman–Crippen LogP) is 2.73. The fourth-order valence-corrected chi connectivity index (χ4v) is 1.41. The average Bonchev–Trinajstić information content (AvgIpc) is 2.65. The lowest BCUT2D eigenvalue weighted by molar-refractivity contribution is 0.149. The monoisotopic (exact) mass is 224 g/mol. The van der Waals surface area contributed by atoms with Gasteiger partial charge in [0.2, 0.25) is 6.43 Å². The first-order chi connectivity index (χ1) is 7.65. The van der Waals surface area contributed by atoms with Gasteiger partial charge in [0, 0.05) is 18.1 Å². The lowest BCUT2D eigenvalue weighted by atomic mass is 10.1. The zero-order chi connectivity index (χ0) is 11.5. The van der Waals surface area contributed by atoms with Gasteiger partial charge < -0.3 is 10.3 Å². The number of anilines is 1. The molecular weight excluding hydrogens is 214 g/mol. The van der Waals surface area contributed by atoms with Crippen molar-refractivity contribution < 1.29 is 13.3 Å². The van der Waals surface area contributed by atoms with Crippen LogP contribution in [-0.4, -0.2) is 11.6 Å². The van der Waals surface area contributed by atoms with Crippen LogP contribution in [-0.2, 0) is 6.42 Å². The standard InChI is InChI=1S/C11H10F2N2O/c12-10(13)5-7-1-3-8(4-2-7)9-6-11(14)15-16-9/h1-4,6,10H,5H2,(H2,14,15). The lowest BCUT2D eigenvalue weighted by Gasteiger charge is -2.00. The minimum Gasteiger partial charge on any atom is -0.381 e. The molecule has 5 heteroatoms. The van der Waals surface area contributed by atoms with Crippen molar-refractivity contribution in [2.45, 2.75) is 12.8 Å². The maximum atomic E-state index is 12.1. The van der Waals surface area contributed by atoms with Gasteiger partial charge in [-0.15, -0.1) is 0 Å². The number of hydrogen-bond donors (Lipinski definition) is 1. The highest BCUT2D eigenvalue weighted by molar-refractivity contribution is 5.60. The third-order valence-electron chi connectivity index (χ3n) is 2.16. The zero-order valence-corrected chi connectivity index (χ0v) is 8.36. The Morgan fingerprint density at radius 3 is 2.44 bits per heavy atom. The van der Waals surface area contributed by atoms with Crippen molar-refractivity contribution in [3.63, 3.8) is 0 Å². The number of rotatable bonds is 3. The van der Waals surface area contributed by atoms with E-state index in [9.17, 15) is 8.78 Å². The quantitative estimate of drug-likeness (QED) is 0.872. The molecule has 0 radical (unpaired) electrons. The Hall–Kier alpha value is -1.91. The van der Waals surface area contributed by atoms with Gasteiger partial charge in [0.1, 0.15) is 0 Å². The van der Waals surface area contributed by atoms with Gasteiger partial charge in [-0.25, -0.2) is 8.78 Å². The SMILES string of the molecule is Nc1cc(-c2ccc(CC(F)F)cc2)on1. The maximum absolute atomic E-state index is 12.1. The summed E-state index contributed by atoms with van der Waals surface area (Å²) in [5, 5.41) is 3.55. The molecule has 1 aromatic carbocycles. The minimum absolute atomic E-state index is 0.237. The first-order valence-corrected chi connectivity index (χ1v) is 4.75. The van der Waals surface area contributed by atoms with Crippen LogP contribution in [0.25, 0.3) is 11.3 Å². The molecule has 84 valence electrons. The first kappa shape index (κ1) is 10.6. The molecule has 0 amide bonds. The molecule has 0 saturated carbocycles. The van der Waals surface area contributed by atoms with Crippen LogP contribution in [0.1, 0.15) is 5.56 Å². The van der Waals surface area contributed by atoms with Crippen molar-refractivity contribution in [2.24, 2.45) is 0 Å². The summed E-state index contributed by atoms with van der Waals surface area (Å²) in [4.78, 5) is 0. The number of nitrogen functional groups attached to an aromatic ring is 1. The number of benzene rings is 1. The fourth-order valence-electron chi connectivity index (χ4n) is 1.41. The number of aromatic nitrogens is 1. The van der Waals surface area contributed by atoms with Crippen LogP contribution in [0, 0.1) is 0 Å². The molecule has 0 atom stereocenters. The zero-order valence-electron chi connectivity index (χ0n) is 8.36. The van der Waals surface area contributed by atoms with E-state index in [1.165, 1.54) is 0 Å². The number of nitrogens with zero attached hydrogens (tertiary/aromatic N) is 1. The minimum atomic E-state index is -2.33. The molecule has 2 N–H and O–H groups in total. The third-order valence-corrected chi connectivity index (χ3v) is 2.16. The van der Waals surface area contributed by atoms with Gasteiger partial charge >= 0.3 is 0 Å². The summed E-state index contributed by atoms with van der Waals surface area (Å²) < 4.78 is 29.2. The molecule has 1 heterocycles. The van der Waals surface area contributed by atoms with E-state index in [0.29, 0.717) is 17.1 Å². The summed E-state index contributed by atoms with van der Waals surface area (Å²) in [5.41, 5.74) is 6.76. The largest absolute Gasteiger partial charge is 0.381 e. The lowest BCUT2D eigenvalue weighted by Crippen LogP contribution is -1.95. The van der Waals surface area contributed by atoms with Crippen LogP contribution < -0.4 is 5.73 Å². The molecule has 0 unspecified atom stereocenters. The highest BCUT2D eigenvalue weighted by Gasteiger charge is 2.07. The Bertz CT molecular complexity index is 465. The molecule has 0 bridgehead atoms. The predicted molar refractivity (Wildman–Crippen MR) is 56.1 cm³/mol. The average molecular weight is 224 g/mol. The molecule has 16 heavy (non-hydrogen) atoms. The second-order valence-electron chi connectivity index (χ2n) is 3.41. The topological polar surface area (TPSA) is 52.0 Å². The van der Waals surface area contributed by atoms with E-state index in [4.69, 9.17) is 10.3 Å². The maximum Gasteiger partial charge on any atom is 0.242 e. The van der Waals surface area contributed by atoms with Crippen molar-refractivity contribution in [2.75, 3.05) is 5.73 Å². The van der Waals surface area contributed by atoms with Crippen LogP contribution in [0.4, 0.5) is 14.6 Å². The summed E-state index contributed by atoms with van der Waals surface area (Å²) in [5.74, 6) is 0.827. The van der Waals surface area contributed by atoms with Crippen LogP contribution in [0.15, 0.2) is 34.9 Å². The Morgan fingerprint density at radius 1 is 1.25 bits per heavy atom. The Balaban J connectivity index is 2.19. The summed E-state index contributed by atoms with van der Waals surface area (Å²) in [6.45, 7) is 0. The van der Waals surface area contributed by atoms with Gasteiger partial charge in [-0.2, -0.15) is 0 Å². The number of nitrogens with two attached hydrogens (primary N) is 1. The van der Waals surface area contributed by atoms with Gasteiger partial charge in [0.15, 0.2) is 11.6 Å². The molecule has 1 aromatic heterocycles. The van der Waals surface area contributed by atoms with Gasteiger partial charge in [0.05, 0.1) is 0 Å². The van der Waals surface area contributed by atoms with E-state index in [2.05, 4.69) is 5.16 Å². The molecule has 0 aliphatic rings. The van der Waals surface area contributed by atoms with Gasteiger partial charge in [-0.1, -0.05) is 29.4 Å².